The standard InChI is InChI=1S/C15H28N4/c1-4-13-9-15(19(5-2)17-13)11-18-7-6-12(3)8-14(18)10-16/h9,12,14H,4-8,10-11,16H2,1-3H3. The van der Waals surface area contributed by atoms with Gasteiger partial charge in [-0.05, 0) is 44.7 Å². The average Bonchev–Trinajstić information content (AvgIpc) is 2.83. The third kappa shape index (κ3) is 3.37. The van der Waals surface area contributed by atoms with Crippen LogP contribution in [0.3, 0.4) is 0 Å². The van der Waals surface area contributed by atoms with Crippen LogP contribution in [0.2, 0.25) is 0 Å². The van der Waals surface area contributed by atoms with Crippen molar-refractivity contribution in [2.75, 3.05) is 13.1 Å². The second-order valence-corrected chi connectivity index (χ2v) is 5.79. The fourth-order valence-electron chi connectivity index (χ4n) is 3.05. The molecule has 1 aromatic rings. The molecule has 0 aliphatic carbocycles. The van der Waals surface area contributed by atoms with Crippen molar-refractivity contribution in [3.05, 3.63) is 17.5 Å². The monoisotopic (exact) mass is 264 g/mol. The van der Waals surface area contributed by atoms with Gasteiger partial charge < -0.3 is 5.73 Å². The number of piperidine rings is 1. The molecular formula is C15H28N4. The second kappa shape index (κ2) is 6.53. The van der Waals surface area contributed by atoms with Crippen molar-refractivity contribution < 1.29 is 0 Å². The summed E-state index contributed by atoms with van der Waals surface area (Å²) in [6, 6.07) is 2.80. The summed E-state index contributed by atoms with van der Waals surface area (Å²) in [6.07, 6.45) is 3.53. The first-order chi connectivity index (χ1) is 9.17. The van der Waals surface area contributed by atoms with E-state index in [4.69, 9.17) is 5.73 Å². The molecule has 0 bridgehead atoms. The SMILES string of the molecule is CCc1cc(CN2CCC(C)CC2CN)n(CC)n1. The van der Waals surface area contributed by atoms with Crippen molar-refractivity contribution in [1.29, 1.82) is 0 Å². The number of aryl methyl sites for hydroxylation is 2. The lowest BCUT2D eigenvalue weighted by molar-refractivity contribution is 0.112. The molecule has 1 aromatic heterocycles. The highest BCUT2D eigenvalue weighted by Crippen LogP contribution is 2.23. The number of hydrogen-bond donors (Lipinski definition) is 1. The van der Waals surface area contributed by atoms with Crippen molar-refractivity contribution in [3.8, 4) is 0 Å². The van der Waals surface area contributed by atoms with Crippen LogP contribution in [-0.4, -0.2) is 33.8 Å². The number of likely N-dealkylation sites (tertiary alicyclic amines) is 1. The average molecular weight is 264 g/mol. The van der Waals surface area contributed by atoms with E-state index in [9.17, 15) is 0 Å². The summed E-state index contributed by atoms with van der Waals surface area (Å²) in [5.41, 5.74) is 8.49. The Kier molecular flexibility index (Phi) is 4.99. The minimum atomic E-state index is 0.536. The van der Waals surface area contributed by atoms with Crippen LogP contribution in [0.25, 0.3) is 0 Å². The van der Waals surface area contributed by atoms with E-state index in [2.05, 4.69) is 41.5 Å². The van der Waals surface area contributed by atoms with Crippen LogP contribution in [-0.2, 0) is 19.5 Å². The largest absolute Gasteiger partial charge is 0.329 e. The first kappa shape index (κ1) is 14.5. The lowest BCUT2D eigenvalue weighted by atomic mass is 9.92. The molecule has 19 heavy (non-hydrogen) atoms. The molecule has 0 amide bonds. The molecule has 1 aliphatic heterocycles. The normalized spacial score (nSPS) is 24.8. The van der Waals surface area contributed by atoms with E-state index in [-0.39, 0.29) is 0 Å². The molecule has 4 nitrogen and oxygen atoms in total. The van der Waals surface area contributed by atoms with E-state index in [0.29, 0.717) is 6.04 Å². The molecule has 0 saturated carbocycles. The van der Waals surface area contributed by atoms with E-state index in [1.54, 1.807) is 0 Å². The Bertz CT molecular complexity index is 399. The zero-order chi connectivity index (χ0) is 13.8. The maximum absolute atomic E-state index is 5.95. The molecule has 2 N–H and O–H groups in total. The van der Waals surface area contributed by atoms with Crippen LogP contribution in [0.1, 0.15) is 45.0 Å². The Morgan fingerprint density at radius 1 is 1.42 bits per heavy atom. The van der Waals surface area contributed by atoms with Gasteiger partial charge in [0.1, 0.15) is 0 Å². The lowest BCUT2D eigenvalue weighted by Gasteiger charge is -2.37. The summed E-state index contributed by atoms with van der Waals surface area (Å²) in [4.78, 5) is 2.54. The lowest BCUT2D eigenvalue weighted by Crippen LogP contribution is -2.45. The van der Waals surface area contributed by atoms with Gasteiger partial charge in [0, 0.05) is 25.7 Å². The summed E-state index contributed by atoms with van der Waals surface area (Å²) < 4.78 is 2.14. The van der Waals surface area contributed by atoms with E-state index in [1.807, 2.05) is 0 Å². The van der Waals surface area contributed by atoms with Crippen molar-refractivity contribution in [3.63, 3.8) is 0 Å². The van der Waals surface area contributed by atoms with Crippen LogP contribution < -0.4 is 5.73 Å². The smallest absolute Gasteiger partial charge is 0.0625 e. The topological polar surface area (TPSA) is 47.1 Å². The summed E-state index contributed by atoms with van der Waals surface area (Å²) >= 11 is 0. The molecule has 0 radical (unpaired) electrons. The Hall–Kier alpha value is -0.870. The maximum atomic E-state index is 5.95. The van der Waals surface area contributed by atoms with Crippen LogP contribution in [0.4, 0.5) is 0 Å². The Morgan fingerprint density at radius 2 is 2.21 bits per heavy atom. The maximum Gasteiger partial charge on any atom is 0.0625 e. The summed E-state index contributed by atoms with van der Waals surface area (Å²) in [6.45, 7) is 10.5. The van der Waals surface area contributed by atoms with Crippen molar-refractivity contribution in [2.45, 2.75) is 59.2 Å². The molecule has 2 heterocycles. The van der Waals surface area contributed by atoms with Crippen LogP contribution in [0, 0.1) is 5.92 Å². The molecule has 2 unspecified atom stereocenters. The van der Waals surface area contributed by atoms with Gasteiger partial charge in [-0.25, -0.2) is 0 Å². The van der Waals surface area contributed by atoms with E-state index in [1.165, 1.54) is 30.8 Å². The van der Waals surface area contributed by atoms with E-state index >= 15 is 0 Å². The van der Waals surface area contributed by atoms with Crippen LogP contribution in [0.5, 0.6) is 0 Å². The van der Waals surface area contributed by atoms with Gasteiger partial charge in [0.15, 0.2) is 0 Å². The molecule has 0 spiro atoms. The highest BCUT2D eigenvalue weighted by atomic mass is 15.3. The minimum Gasteiger partial charge on any atom is -0.329 e. The summed E-state index contributed by atoms with van der Waals surface area (Å²) in [5, 5.41) is 4.64. The molecule has 1 saturated heterocycles. The molecule has 2 atom stereocenters. The van der Waals surface area contributed by atoms with Gasteiger partial charge in [-0.3, -0.25) is 9.58 Å². The molecule has 1 fully saturated rings. The first-order valence-corrected chi connectivity index (χ1v) is 7.67. The number of nitrogens with zero attached hydrogens (tertiary/aromatic N) is 3. The zero-order valence-corrected chi connectivity index (χ0v) is 12.6. The first-order valence-electron chi connectivity index (χ1n) is 7.67. The van der Waals surface area contributed by atoms with Crippen molar-refractivity contribution in [2.24, 2.45) is 11.7 Å². The van der Waals surface area contributed by atoms with Gasteiger partial charge in [-0.2, -0.15) is 5.10 Å². The molecular weight excluding hydrogens is 236 g/mol. The molecule has 4 heteroatoms. The number of nitrogens with two attached hydrogens (primary N) is 1. The van der Waals surface area contributed by atoms with E-state index < -0.39 is 0 Å². The summed E-state index contributed by atoms with van der Waals surface area (Å²) in [7, 11) is 0. The van der Waals surface area contributed by atoms with Gasteiger partial charge in [-0.15, -0.1) is 0 Å². The fourth-order valence-corrected chi connectivity index (χ4v) is 3.05. The third-order valence-electron chi connectivity index (χ3n) is 4.31. The molecule has 1 aliphatic rings. The Labute approximate surface area is 117 Å². The van der Waals surface area contributed by atoms with Crippen molar-refractivity contribution >= 4 is 0 Å². The zero-order valence-electron chi connectivity index (χ0n) is 12.6. The third-order valence-corrected chi connectivity index (χ3v) is 4.31. The Morgan fingerprint density at radius 3 is 2.84 bits per heavy atom. The number of rotatable bonds is 5. The molecule has 2 rings (SSSR count). The van der Waals surface area contributed by atoms with Crippen LogP contribution >= 0.6 is 0 Å². The summed E-state index contributed by atoms with van der Waals surface area (Å²) in [5.74, 6) is 0.812. The fraction of sp³-hybridized carbons (Fsp3) is 0.800. The highest BCUT2D eigenvalue weighted by molar-refractivity contribution is 5.11. The van der Waals surface area contributed by atoms with Gasteiger partial charge in [0.25, 0.3) is 0 Å². The molecule has 0 aromatic carbocycles. The minimum absolute atomic E-state index is 0.536. The second-order valence-electron chi connectivity index (χ2n) is 5.79. The van der Waals surface area contributed by atoms with Gasteiger partial charge in [0.2, 0.25) is 0 Å². The Balaban J connectivity index is 2.08. The van der Waals surface area contributed by atoms with Crippen LogP contribution in [0.15, 0.2) is 6.07 Å². The number of hydrogen-bond acceptors (Lipinski definition) is 3. The van der Waals surface area contributed by atoms with E-state index in [0.717, 1.165) is 32.0 Å². The van der Waals surface area contributed by atoms with Gasteiger partial charge in [0.05, 0.1) is 11.4 Å². The predicted molar refractivity (Wildman–Crippen MR) is 78.9 cm³/mol. The van der Waals surface area contributed by atoms with Gasteiger partial charge in [-0.1, -0.05) is 13.8 Å². The molecule has 108 valence electrons. The predicted octanol–water partition coefficient (Wildman–Crippen LogP) is 2.02. The van der Waals surface area contributed by atoms with Crippen molar-refractivity contribution in [1.82, 2.24) is 14.7 Å². The highest BCUT2D eigenvalue weighted by Gasteiger charge is 2.26. The number of aromatic nitrogens is 2. The van der Waals surface area contributed by atoms with Gasteiger partial charge >= 0.3 is 0 Å². The quantitative estimate of drug-likeness (QED) is 0.885.